The van der Waals surface area contributed by atoms with Gasteiger partial charge in [-0.2, -0.15) is 0 Å². The van der Waals surface area contributed by atoms with Crippen molar-refractivity contribution in [3.63, 3.8) is 0 Å². The van der Waals surface area contributed by atoms with Crippen LogP contribution in [0.1, 0.15) is 37.0 Å². The third-order valence-corrected chi connectivity index (χ3v) is 6.16. The maximum Gasteiger partial charge on any atom is 0.0594 e. The van der Waals surface area contributed by atoms with Crippen molar-refractivity contribution in [3.05, 3.63) is 22.4 Å². The highest BCUT2D eigenvalue weighted by Gasteiger charge is 2.45. The van der Waals surface area contributed by atoms with E-state index in [1.165, 1.54) is 30.6 Å². The molecule has 1 unspecified atom stereocenters. The van der Waals surface area contributed by atoms with E-state index in [0.29, 0.717) is 6.04 Å². The van der Waals surface area contributed by atoms with Crippen molar-refractivity contribution >= 4 is 11.3 Å². The van der Waals surface area contributed by atoms with Crippen LogP contribution in [0.4, 0.5) is 0 Å². The quantitative estimate of drug-likeness (QED) is 0.624. The maximum absolute atomic E-state index is 5.98. The van der Waals surface area contributed by atoms with Gasteiger partial charge in [0.05, 0.1) is 13.2 Å². The summed E-state index contributed by atoms with van der Waals surface area (Å²) in [7, 11) is 0. The number of nitrogens with two attached hydrogens (primary N) is 1. The van der Waals surface area contributed by atoms with E-state index in [4.69, 9.17) is 10.6 Å². The highest BCUT2D eigenvalue weighted by atomic mass is 32.1. The van der Waals surface area contributed by atoms with E-state index < -0.39 is 0 Å². The lowest BCUT2D eigenvalue weighted by atomic mass is 9.83. The van der Waals surface area contributed by atoms with Crippen molar-refractivity contribution in [1.82, 2.24) is 10.3 Å². The zero-order chi connectivity index (χ0) is 14.5. The van der Waals surface area contributed by atoms with Gasteiger partial charge in [0.2, 0.25) is 0 Å². The number of nitrogens with one attached hydrogen (secondary N) is 1. The van der Waals surface area contributed by atoms with E-state index >= 15 is 0 Å². The summed E-state index contributed by atoms with van der Waals surface area (Å²) < 4.78 is 5.54. The van der Waals surface area contributed by atoms with Gasteiger partial charge >= 0.3 is 0 Å². The van der Waals surface area contributed by atoms with Crippen molar-refractivity contribution in [2.45, 2.75) is 50.1 Å². The molecule has 0 amide bonds. The lowest BCUT2D eigenvalue weighted by molar-refractivity contribution is -0.0368. The number of hydrazine groups is 1. The molecule has 0 aromatic carbocycles. The van der Waals surface area contributed by atoms with E-state index in [1.807, 2.05) is 11.3 Å². The van der Waals surface area contributed by atoms with Gasteiger partial charge in [0.1, 0.15) is 0 Å². The summed E-state index contributed by atoms with van der Waals surface area (Å²) >= 11 is 1.85. The molecule has 2 aliphatic rings. The Balaban J connectivity index is 1.70. The molecular formula is C16H27N3OS. The molecular weight excluding hydrogens is 282 g/mol. The van der Waals surface area contributed by atoms with Gasteiger partial charge in [-0.1, -0.05) is 18.9 Å². The van der Waals surface area contributed by atoms with Gasteiger partial charge in [-0.15, -0.1) is 11.3 Å². The van der Waals surface area contributed by atoms with E-state index in [0.717, 1.165) is 39.1 Å². The molecule has 1 aromatic rings. The molecule has 3 N–H and O–H groups in total. The van der Waals surface area contributed by atoms with Gasteiger partial charge in [-0.3, -0.25) is 16.2 Å². The third-order valence-electron chi connectivity index (χ3n) is 5.22. The molecule has 21 heavy (non-hydrogen) atoms. The van der Waals surface area contributed by atoms with Gasteiger partial charge in [0.15, 0.2) is 0 Å². The number of nitrogens with zero attached hydrogens (tertiary/aromatic N) is 1. The number of hydrogen-bond donors (Lipinski definition) is 2. The van der Waals surface area contributed by atoms with Crippen LogP contribution < -0.4 is 11.3 Å². The summed E-state index contributed by atoms with van der Waals surface area (Å²) in [6, 6.07) is 4.74. The van der Waals surface area contributed by atoms with Crippen LogP contribution in [0, 0.1) is 0 Å². The summed E-state index contributed by atoms with van der Waals surface area (Å²) in [5.41, 5.74) is 3.41. The van der Waals surface area contributed by atoms with E-state index in [9.17, 15) is 0 Å². The smallest absolute Gasteiger partial charge is 0.0594 e. The van der Waals surface area contributed by atoms with Crippen LogP contribution >= 0.6 is 11.3 Å². The van der Waals surface area contributed by atoms with Gasteiger partial charge in [-0.05, 0) is 37.1 Å². The molecule has 118 valence electrons. The molecule has 4 nitrogen and oxygen atoms in total. The van der Waals surface area contributed by atoms with Crippen molar-refractivity contribution < 1.29 is 4.74 Å². The molecule has 1 saturated carbocycles. The summed E-state index contributed by atoms with van der Waals surface area (Å²) in [6.45, 7) is 3.84. The highest BCUT2D eigenvalue weighted by molar-refractivity contribution is 7.09. The Bertz CT molecular complexity index is 411. The van der Waals surface area contributed by atoms with Crippen LogP contribution in [0.2, 0.25) is 0 Å². The number of thiophene rings is 1. The van der Waals surface area contributed by atoms with Crippen LogP contribution in [0.25, 0.3) is 0 Å². The highest BCUT2D eigenvalue weighted by Crippen LogP contribution is 2.39. The molecule has 1 aliphatic heterocycles. The Kier molecular flexibility index (Phi) is 5.29. The second kappa shape index (κ2) is 7.20. The molecule has 2 fully saturated rings. The van der Waals surface area contributed by atoms with Crippen LogP contribution in [-0.4, -0.2) is 42.8 Å². The number of ether oxygens (including phenoxy) is 1. The number of hydrogen-bond acceptors (Lipinski definition) is 5. The predicted octanol–water partition coefficient (Wildman–Crippen LogP) is 2.16. The molecule has 1 aliphatic carbocycles. The van der Waals surface area contributed by atoms with Crippen molar-refractivity contribution in [2.75, 3.05) is 26.3 Å². The molecule has 1 atom stereocenters. The summed E-state index contributed by atoms with van der Waals surface area (Å²) in [4.78, 5) is 4.12. The lowest BCUT2D eigenvalue weighted by Gasteiger charge is -2.48. The van der Waals surface area contributed by atoms with Gasteiger partial charge in [-0.25, -0.2) is 0 Å². The molecule has 0 radical (unpaired) electrons. The van der Waals surface area contributed by atoms with Gasteiger partial charge in [0, 0.05) is 29.5 Å². The van der Waals surface area contributed by atoms with E-state index in [-0.39, 0.29) is 5.54 Å². The first-order valence-electron chi connectivity index (χ1n) is 8.16. The average Bonchev–Trinajstić information content (AvgIpc) is 3.21. The largest absolute Gasteiger partial charge is 0.379 e. The topological polar surface area (TPSA) is 50.5 Å². The van der Waals surface area contributed by atoms with Crippen molar-refractivity contribution in [1.29, 1.82) is 0 Å². The van der Waals surface area contributed by atoms with Gasteiger partial charge in [0.25, 0.3) is 0 Å². The first-order valence-corrected chi connectivity index (χ1v) is 9.04. The first-order chi connectivity index (χ1) is 10.3. The Morgan fingerprint density at radius 2 is 2.10 bits per heavy atom. The normalized spacial score (nSPS) is 24.2. The third kappa shape index (κ3) is 3.32. The zero-order valence-corrected chi connectivity index (χ0v) is 13.5. The minimum absolute atomic E-state index is 0.246. The SMILES string of the molecule is NNC(CCc1cccs1)C1(N2CCOCC2)CCCC1. The van der Waals surface area contributed by atoms with Crippen LogP contribution in [0.15, 0.2) is 17.5 Å². The Hall–Kier alpha value is -0.460. The van der Waals surface area contributed by atoms with E-state index in [1.54, 1.807) is 0 Å². The number of rotatable bonds is 6. The monoisotopic (exact) mass is 309 g/mol. The fourth-order valence-corrected chi connectivity index (χ4v) is 4.85. The van der Waals surface area contributed by atoms with E-state index in [2.05, 4.69) is 27.8 Å². The maximum atomic E-state index is 5.98. The Morgan fingerprint density at radius 3 is 2.71 bits per heavy atom. The molecule has 2 heterocycles. The fourth-order valence-electron chi connectivity index (χ4n) is 4.13. The Labute approximate surface area is 131 Å². The van der Waals surface area contributed by atoms with Crippen LogP contribution in [0.3, 0.4) is 0 Å². The molecule has 5 heteroatoms. The summed E-state index contributed by atoms with van der Waals surface area (Å²) in [6.07, 6.45) is 7.44. The van der Waals surface area contributed by atoms with Crippen molar-refractivity contribution in [3.8, 4) is 0 Å². The molecule has 0 spiro atoms. The Morgan fingerprint density at radius 1 is 1.33 bits per heavy atom. The average molecular weight is 309 g/mol. The fraction of sp³-hybridized carbons (Fsp3) is 0.750. The first kappa shape index (κ1) is 15.4. The molecule has 0 bridgehead atoms. The predicted molar refractivity (Wildman–Crippen MR) is 87.3 cm³/mol. The lowest BCUT2D eigenvalue weighted by Crippen LogP contribution is -2.63. The van der Waals surface area contributed by atoms with Crippen LogP contribution in [-0.2, 0) is 11.2 Å². The second-order valence-corrected chi connectivity index (χ2v) is 7.28. The second-order valence-electron chi connectivity index (χ2n) is 6.25. The number of morpholine rings is 1. The summed E-state index contributed by atoms with van der Waals surface area (Å²) in [5, 5.41) is 2.16. The minimum Gasteiger partial charge on any atom is -0.379 e. The zero-order valence-electron chi connectivity index (χ0n) is 12.7. The summed E-state index contributed by atoms with van der Waals surface area (Å²) in [5.74, 6) is 5.98. The molecule has 1 aromatic heterocycles. The number of aryl methyl sites for hydroxylation is 1. The van der Waals surface area contributed by atoms with Crippen LogP contribution in [0.5, 0.6) is 0 Å². The van der Waals surface area contributed by atoms with Crippen molar-refractivity contribution in [2.24, 2.45) is 5.84 Å². The molecule has 3 rings (SSSR count). The van der Waals surface area contributed by atoms with Gasteiger partial charge < -0.3 is 4.74 Å². The minimum atomic E-state index is 0.246. The standard InChI is InChI=1S/C16H27N3OS/c17-18-15(6-5-14-4-3-13-21-14)16(7-1-2-8-16)19-9-11-20-12-10-19/h3-4,13,15,18H,1-2,5-12,17H2. The molecule has 1 saturated heterocycles.